The maximum Gasteiger partial charge on any atom is 0.122 e. The van der Waals surface area contributed by atoms with E-state index in [-0.39, 0.29) is 0 Å². The van der Waals surface area contributed by atoms with E-state index in [1.165, 1.54) is 0 Å². The maximum absolute atomic E-state index is 9.40. The van der Waals surface area contributed by atoms with Crippen LogP contribution in [0.25, 0.3) is 6.08 Å². The summed E-state index contributed by atoms with van der Waals surface area (Å²) in [6.07, 6.45) is 7.80. The minimum Gasteiger partial charge on any atom is -0.507 e. The zero-order chi connectivity index (χ0) is 9.52. The maximum atomic E-state index is 9.40. The third kappa shape index (κ3) is 3.16. The van der Waals surface area contributed by atoms with Gasteiger partial charge in [-0.2, -0.15) is 0 Å². The first-order chi connectivity index (χ1) is 6.34. The Kier molecular flexibility index (Phi) is 3.83. The minimum atomic E-state index is 0.331. The molecule has 0 amide bonds. The van der Waals surface area contributed by atoms with Crippen LogP contribution < -0.4 is 0 Å². The summed E-state index contributed by atoms with van der Waals surface area (Å²) in [6.45, 7) is 3.64. The second kappa shape index (κ2) is 5.20. The Morgan fingerprint density at radius 1 is 1.23 bits per heavy atom. The summed E-state index contributed by atoms with van der Waals surface area (Å²) in [6, 6.07) is 7.30. The van der Waals surface area contributed by atoms with Gasteiger partial charge >= 0.3 is 0 Å². The Bertz CT molecular complexity index is 300. The van der Waals surface area contributed by atoms with Gasteiger partial charge in [0.25, 0.3) is 0 Å². The molecule has 1 N–H and O–H groups in total. The summed E-state index contributed by atoms with van der Waals surface area (Å²) in [5.41, 5.74) is 0.867. The van der Waals surface area contributed by atoms with E-state index in [1.54, 1.807) is 6.07 Å². The first-order valence-corrected chi connectivity index (χ1v) is 4.40. The van der Waals surface area contributed by atoms with Crippen LogP contribution in [0.4, 0.5) is 0 Å². The van der Waals surface area contributed by atoms with Gasteiger partial charge in [-0.3, -0.25) is 0 Å². The molecule has 0 aliphatic rings. The van der Waals surface area contributed by atoms with E-state index >= 15 is 0 Å². The van der Waals surface area contributed by atoms with Gasteiger partial charge in [-0.15, -0.1) is 6.58 Å². The number of phenols is 1. The number of hydrogen-bond acceptors (Lipinski definition) is 1. The molecule has 1 heteroatoms. The van der Waals surface area contributed by atoms with Crippen molar-refractivity contribution in [2.24, 2.45) is 0 Å². The van der Waals surface area contributed by atoms with Crippen LogP contribution in [0.1, 0.15) is 18.4 Å². The van der Waals surface area contributed by atoms with E-state index in [0.717, 1.165) is 18.4 Å². The molecule has 0 fully saturated rings. The number of rotatable bonds is 4. The van der Waals surface area contributed by atoms with Crippen LogP contribution in [-0.2, 0) is 0 Å². The van der Waals surface area contributed by atoms with Crippen LogP contribution in [0.2, 0.25) is 0 Å². The Morgan fingerprint density at radius 3 is 2.69 bits per heavy atom. The predicted octanol–water partition coefficient (Wildman–Crippen LogP) is 3.37. The molecule has 68 valence electrons. The average Bonchev–Trinajstić information content (AvgIpc) is 2.15. The van der Waals surface area contributed by atoms with Gasteiger partial charge in [0.05, 0.1) is 0 Å². The normalized spacial score (nSPS) is 10.5. The van der Waals surface area contributed by atoms with Crippen LogP contribution in [0, 0.1) is 0 Å². The number of para-hydroxylation sites is 1. The van der Waals surface area contributed by atoms with Crippen molar-refractivity contribution in [1.82, 2.24) is 0 Å². The van der Waals surface area contributed by atoms with Gasteiger partial charge in [0.1, 0.15) is 5.75 Å². The van der Waals surface area contributed by atoms with Crippen molar-refractivity contribution in [2.75, 3.05) is 0 Å². The van der Waals surface area contributed by atoms with E-state index in [0.29, 0.717) is 5.75 Å². The molecule has 0 saturated carbocycles. The standard InChI is InChI=1S/C12H14O/c1-2-3-4-5-8-11-9-6-7-10-12(11)13/h2,5-10,13H,1,3-4H2/b8-5+. The molecule has 0 aromatic heterocycles. The first kappa shape index (κ1) is 9.59. The zero-order valence-corrected chi connectivity index (χ0v) is 7.61. The van der Waals surface area contributed by atoms with E-state index in [9.17, 15) is 5.11 Å². The lowest BCUT2D eigenvalue weighted by Gasteiger charge is -1.96. The highest BCUT2D eigenvalue weighted by atomic mass is 16.3. The van der Waals surface area contributed by atoms with E-state index in [4.69, 9.17) is 0 Å². The lowest BCUT2D eigenvalue weighted by atomic mass is 10.1. The fourth-order valence-electron chi connectivity index (χ4n) is 1.05. The molecule has 0 aliphatic heterocycles. The number of phenolic OH excluding ortho intramolecular Hbond substituents is 1. The number of allylic oxidation sites excluding steroid dienone is 2. The smallest absolute Gasteiger partial charge is 0.122 e. The van der Waals surface area contributed by atoms with Gasteiger partial charge < -0.3 is 5.11 Å². The summed E-state index contributed by atoms with van der Waals surface area (Å²) in [4.78, 5) is 0. The average molecular weight is 174 g/mol. The van der Waals surface area contributed by atoms with E-state index < -0.39 is 0 Å². The molecule has 0 aliphatic carbocycles. The lowest BCUT2D eigenvalue weighted by molar-refractivity contribution is 0.474. The molecule has 1 nitrogen and oxygen atoms in total. The van der Waals surface area contributed by atoms with Crippen molar-refractivity contribution in [1.29, 1.82) is 0 Å². The van der Waals surface area contributed by atoms with Gasteiger partial charge in [-0.05, 0) is 18.9 Å². The minimum absolute atomic E-state index is 0.331. The van der Waals surface area contributed by atoms with Crippen molar-refractivity contribution < 1.29 is 5.11 Å². The molecule has 1 rings (SSSR count). The highest BCUT2D eigenvalue weighted by Crippen LogP contribution is 2.17. The van der Waals surface area contributed by atoms with Crippen molar-refractivity contribution in [3.8, 4) is 5.75 Å². The van der Waals surface area contributed by atoms with Gasteiger partial charge in [-0.25, -0.2) is 0 Å². The Morgan fingerprint density at radius 2 is 2.00 bits per heavy atom. The highest BCUT2D eigenvalue weighted by Gasteiger charge is 1.92. The Balaban J connectivity index is 2.58. The second-order valence-electron chi connectivity index (χ2n) is 2.83. The third-order valence-electron chi connectivity index (χ3n) is 1.77. The Hall–Kier alpha value is -1.50. The number of unbranched alkanes of at least 4 members (excludes halogenated alkanes) is 1. The number of hydrogen-bond donors (Lipinski definition) is 1. The summed E-state index contributed by atoms with van der Waals surface area (Å²) >= 11 is 0. The van der Waals surface area contributed by atoms with Crippen LogP contribution in [-0.4, -0.2) is 5.11 Å². The second-order valence-corrected chi connectivity index (χ2v) is 2.83. The fourth-order valence-corrected chi connectivity index (χ4v) is 1.05. The van der Waals surface area contributed by atoms with Crippen LogP contribution in [0.3, 0.4) is 0 Å². The molecule has 0 bridgehead atoms. The molecule has 0 radical (unpaired) electrons. The number of aromatic hydroxyl groups is 1. The quantitative estimate of drug-likeness (QED) is 0.548. The topological polar surface area (TPSA) is 20.2 Å². The largest absolute Gasteiger partial charge is 0.507 e. The highest BCUT2D eigenvalue weighted by molar-refractivity contribution is 5.56. The molecular formula is C12H14O. The number of benzene rings is 1. The molecule has 1 aromatic carbocycles. The molecule has 0 saturated heterocycles. The van der Waals surface area contributed by atoms with Crippen molar-refractivity contribution >= 4 is 6.08 Å². The third-order valence-corrected chi connectivity index (χ3v) is 1.77. The predicted molar refractivity (Wildman–Crippen MR) is 56.6 cm³/mol. The first-order valence-electron chi connectivity index (χ1n) is 4.40. The molecule has 0 heterocycles. The van der Waals surface area contributed by atoms with Crippen molar-refractivity contribution in [3.05, 3.63) is 48.6 Å². The van der Waals surface area contributed by atoms with Gasteiger partial charge in [0.15, 0.2) is 0 Å². The molecule has 0 spiro atoms. The lowest BCUT2D eigenvalue weighted by Crippen LogP contribution is -1.72. The van der Waals surface area contributed by atoms with Gasteiger partial charge in [0, 0.05) is 5.56 Å². The molecule has 1 aromatic rings. The zero-order valence-electron chi connectivity index (χ0n) is 7.61. The van der Waals surface area contributed by atoms with Crippen molar-refractivity contribution in [3.63, 3.8) is 0 Å². The Labute approximate surface area is 79.0 Å². The van der Waals surface area contributed by atoms with Crippen LogP contribution in [0.15, 0.2) is 43.0 Å². The van der Waals surface area contributed by atoms with E-state index in [2.05, 4.69) is 6.58 Å². The monoisotopic (exact) mass is 174 g/mol. The van der Waals surface area contributed by atoms with Gasteiger partial charge in [-0.1, -0.05) is 36.4 Å². The van der Waals surface area contributed by atoms with E-state index in [1.807, 2.05) is 36.4 Å². The summed E-state index contributed by atoms with van der Waals surface area (Å²) in [5.74, 6) is 0.331. The molecule has 13 heavy (non-hydrogen) atoms. The summed E-state index contributed by atoms with van der Waals surface area (Å²) in [7, 11) is 0. The molecule has 0 atom stereocenters. The van der Waals surface area contributed by atoms with Crippen LogP contribution >= 0.6 is 0 Å². The van der Waals surface area contributed by atoms with Crippen LogP contribution in [0.5, 0.6) is 5.75 Å². The molecular weight excluding hydrogens is 160 g/mol. The van der Waals surface area contributed by atoms with Crippen molar-refractivity contribution in [2.45, 2.75) is 12.8 Å². The summed E-state index contributed by atoms with van der Waals surface area (Å²) in [5, 5.41) is 9.40. The fraction of sp³-hybridized carbons (Fsp3) is 0.167. The van der Waals surface area contributed by atoms with Gasteiger partial charge in [0.2, 0.25) is 0 Å². The SMILES string of the molecule is C=CCC/C=C/c1ccccc1O. The summed E-state index contributed by atoms with van der Waals surface area (Å²) < 4.78 is 0. The molecule has 0 unspecified atom stereocenters.